The van der Waals surface area contributed by atoms with Gasteiger partial charge in [0.05, 0.1) is 6.04 Å². The SMILES string of the molecule is CC(C)(C)N1C[C@@H](c2ccccc2)N(C2CCN(C3(C)CCNCC3)CC2)C1=O. The number of piperidine rings is 2. The van der Waals surface area contributed by atoms with Crippen molar-refractivity contribution in [2.24, 2.45) is 0 Å². The molecule has 2 amide bonds. The molecule has 0 bridgehead atoms. The van der Waals surface area contributed by atoms with Crippen LogP contribution >= 0.6 is 0 Å². The summed E-state index contributed by atoms with van der Waals surface area (Å²) in [5.74, 6) is 0. The van der Waals surface area contributed by atoms with Crippen LogP contribution in [0.5, 0.6) is 0 Å². The van der Waals surface area contributed by atoms with E-state index in [0.29, 0.717) is 11.6 Å². The number of nitrogens with one attached hydrogen (secondary N) is 1. The lowest BCUT2D eigenvalue weighted by atomic mass is 9.86. The van der Waals surface area contributed by atoms with E-state index in [2.05, 4.69) is 78.0 Å². The van der Waals surface area contributed by atoms with Crippen molar-refractivity contribution in [3.05, 3.63) is 35.9 Å². The molecule has 1 aromatic carbocycles. The van der Waals surface area contributed by atoms with Crippen LogP contribution in [-0.2, 0) is 0 Å². The highest BCUT2D eigenvalue weighted by Crippen LogP contribution is 2.39. The van der Waals surface area contributed by atoms with Gasteiger partial charge in [0.2, 0.25) is 0 Å². The standard InChI is InChI=1S/C24H38N4O/c1-23(2,3)27-18-21(19-8-6-5-7-9-19)28(22(27)29)20-10-16-26(17-11-20)24(4)12-14-25-15-13-24/h5-9,20-21,25H,10-18H2,1-4H3/t21-/m0/s1. The van der Waals surface area contributed by atoms with Gasteiger partial charge in [-0.15, -0.1) is 0 Å². The summed E-state index contributed by atoms with van der Waals surface area (Å²) in [5, 5.41) is 3.50. The number of likely N-dealkylation sites (tertiary alicyclic amines) is 1. The fraction of sp³-hybridized carbons (Fsp3) is 0.708. The molecule has 3 aliphatic heterocycles. The third kappa shape index (κ3) is 4.04. The molecule has 0 saturated carbocycles. The van der Waals surface area contributed by atoms with Crippen LogP contribution in [0.15, 0.2) is 30.3 Å². The van der Waals surface area contributed by atoms with Gasteiger partial charge in [0.1, 0.15) is 0 Å². The first-order valence-corrected chi connectivity index (χ1v) is 11.4. The number of nitrogens with zero attached hydrogens (tertiary/aromatic N) is 3. The molecule has 0 aromatic heterocycles. The minimum absolute atomic E-state index is 0.151. The minimum atomic E-state index is -0.151. The smallest absolute Gasteiger partial charge is 0.317 e. The van der Waals surface area contributed by atoms with Crippen molar-refractivity contribution in [1.29, 1.82) is 0 Å². The molecule has 0 aliphatic carbocycles. The van der Waals surface area contributed by atoms with Gasteiger partial charge in [0.25, 0.3) is 0 Å². The zero-order valence-electron chi connectivity index (χ0n) is 18.7. The maximum absolute atomic E-state index is 13.5. The van der Waals surface area contributed by atoms with Gasteiger partial charge in [0.15, 0.2) is 0 Å². The van der Waals surface area contributed by atoms with Gasteiger partial charge in [0, 0.05) is 36.8 Å². The zero-order valence-corrected chi connectivity index (χ0v) is 18.7. The quantitative estimate of drug-likeness (QED) is 0.840. The first-order valence-electron chi connectivity index (χ1n) is 11.4. The molecule has 29 heavy (non-hydrogen) atoms. The summed E-state index contributed by atoms with van der Waals surface area (Å²) >= 11 is 0. The highest BCUT2D eigenvalue weighted by Gasteiger charge is 2.47. The van der Waals surface area contributed by atoms with Crippen molar-refractivity contribution < 1.29 is 4.79 Å². The third-order valence-corrected chi connectivity index (χ3v) is 7.44. The average Bonchev–Trinajstić information content (AvgIpc) is 3.07. The third-order valence-electron chi connectivity index (χ3n) is 7.44. The number of carbonyl (C=O) groups is 1. The van der Waals surface area contributed by atoms with E-state index in [9.17, 15) is 4.79 Å². The molecule has 1 aromatic rings. The Labute approximate surface area is 176 Å². The molecule has 3 fully saturated rings. The number of urea groups is 1. The molecule has 5 heteroatoms. The first kappa shape index (κ1) is 20.7. The Kier molecular flexibility index (Phi) is 5.64. The van der Waals surface area contributed by atoms with Crippen molar-refractivity contribution in [3.8, 4) is 0 Å². The number of amides is 2. The molecule has 160 valence electrons. The molecular weight excluding hydrogens is 360 g/mol. The Morgan fingerprint density at radius 2 is 1.66 bits per heavy atom. The molecule has 0 spiro atoms. The second-order valence-corrected chi connectivity index (χ2v) is 10.4. The van der Waals surface area contributed by atoms with Crippen molar-refractivity contribution in [2.75, 3.05) is 32.7 Å². The van der Waals surface area contributed by atoms with Gasteiger partial charge in [-0.25, -0.2) is 4.79 Å². The molecule has 5 nitrogen and oxygen atoms in total. The maximum atomic E-state index is 13.5. The van der Waals surface area contributed by atoms with Crippen LogP contribution in [0.25, 0.3) is 0 Å². The van der Waals surface area contributed by atoms with Crippen molar-refractivity contribution in [3.63, 3.8) is 0 Å². The van der Waals surface area contributed by atoms with Gasteiger partial charge in [-0.3, -0.25) is 4.90 Å². The summed E-state index contributed by atoms with van der Waals surface area (Å²) < 4.78 is 0. The summed E-state index contributed by atoms with van der Waals surface area (Å²) in [7, 11) is 0. The monoisotopic (exact) mass is 398 g/mol. The fourth-order valence-corrected chi connectivity index (χ4v) is 5.49. The van der Waals surface area contributed by atoms with Crippen LogP contribution in [0.2, 0.25) is 0 Å². The fourth-order valence-electron chi connectivity index (χ4n) is 5.49. The van der Waals surface area contributed by atoms with Crippen molar-refractivity contribution in [2.45, 2.75) is 76.5 Å². The molecule has 3 heterocycles. The van der Waals surface area contributed by atoms with Gasteiger partial charge >= 0.3 is 6.03 Å². The van der Waals surface area contributed by atoms with Crippen LogP contribution in [0.4, 0.5) is 4.79 Å². The van der Waals surface area contributed by atoms with E-state index >= 15 is 0 Å². The summed E-state index contributed by atoms with van der Waals surface area (Å²) in [6, 6.07) is 11.3. The lowest BCUT2D eigenvalue weighted by Crippen LogP contribution is -2.57. The minimum Gasteiger partial charge on any atom is -0.317 e. The van der Waals surface area contributed by atoms with Crippen LogP contribution < -0.4 is 5.32 Å². The molecule has 3 aliphatic rings. The molecule has 0 radical (unpaired) electrons. The normalized spacial score (nSPS) is 26.9. The van der Waals surface area contributed by atoms with Gasteiger partial charge in [-0.1, -0.05) is 30.3 Å². The number of hydrogen-bond acceptors (Lipinski definition) is 3. The molecule has 4 rings (SSSR count). The zero-order chi connectivity index (χ0) is 20.6. The number of hydrogen-bond donors (Lipinski definition) is 1. The van der Waals surface area contributed by atoms with E-state index in [0.717, 1.165) is 45.6 Å². The summed E-state index contributed by atoms with van der Waals surface area (Å²) in [4.78, 5) is 20.5. The van der Waals surface area contributed by atoms with Crippen molar-refractivity contribution >= 4 is 6.03 Å². The summed E-state index contributed by atoms with van der Waals surface area (Å²) in [6.07, 6.45) is 4.61. The predicted octanol–water partition coefficient (Wildman–Crippen LogP) is 3.87. The van der Waals surface area contributed by atoms with Crippen molar-refractivity contribution in [1.82, 2.24) is 20.0 Å². The Balaban J connectivity index is 1.51. The highest BCUT2D eigenvalue weighted by molar-refractivity contribution is 5.78. The first-order chi connectivity index (χ1) is 13.8. The van der Waals surface area contributed by atoms with E-state index < -0.39 is 0 Å². The number of carbonyl (C=O) groups excluding carboxylic acids is 1. The van der Waals surface area contributed by atoms with E-state index in [1.807, 2.05) is 0 Å². The second-order valence-electron chi connectivity index (χ2n) is 10.4. The summed E-state index contributed by atoms with van der Waals surface area (Å²) in [5.41, 5.74) is 1.43. The molecule has 1 atom stereocenters. The number of rotatable bonds is 3. The Hall–Kier alpha value is -1.59. The van der Waals surface area contributed by atoms with Crippen LogP contribution in [-0.4, -0.2) is 70.6 Å². The second kappa shape index (κ2) is 7.92. The van der Waals surface area contributed by atoms with Gasteiger partial charge in [-0.2, -0.15) is 0 Å². The number of benzene rings is 1. The predicted molar refractivity (Wildman–Crippen MR) is 118 cm³/mol. The maximum Gasteiger partial charge on any atom is 0.321 e. The molecule has 1 N–H and O–H groups in total. The van der Waals surface area contributed by atoms with Gasteiger partial charge in [-0.05, 0) is 72.0 Å². The highest BCUT2D eigenvalue weighted by atomic mass is 16.2. The van der Waals surface area contributed by atoms with E-state index in [4.69, 9.17) is 0 Å². The lowest BCUT2D eigenvalue weighted by molar-refractivity contribution is 0.0263. The largest absolute Gasteiger partial charge is 0.321 e. The lowest BCUT2D eigenvalue weighted by Gasteiger charge is -2.48. The Morgan fingerprint density at radius 3 is 2.24 bits per heavy atom. The van der Waals surface area contributed by atoms with E-state index in [-0.39, 0.29) is 17.6 Å². The van der Waals surface area contributed by atoms with Gasteiger partial charge < -0.3 is 15.1 Å². The Bertz CT molecular complexity index is 699. The topological polar surface area (TPSA) is 38.8 Å². The van der Waals surface area contributed by atoms with Crippen LogP contribution in [0.3, 0.4) is 0 Å². The van der Waals surface area contributed by atoms with E-state index in [1.54, 1.807) is 0 Å². The molecule has 0 unspecified atom stereocenters. The average molecular weight is 399 g/mol. The van der Waals surface area contributed by atoms with Crippen LogP contribution in [0, 0.1) is 0 Å². The molecular formula is C24H38N4O. The summed E-state index contributed by atoms with van der Waals surface area (Å²) in [6.45, 7) is 14.1. The Morgan fingerprint density at radius 1 is 1.03 bits per heavy atom. The molecule has 3 saturated heterocycles. The van der Waals surface area contributed by atoms with Crippen LogP contribution in [0.1, 0.15) is 65.0 Å². The van der Waals surface area contributed by atoms with E-state index in [1.165, 1.54) is 18.4 Å².